The quantitative estimate of drug-likeness (QED) is 0.801. The van der Waals surface area contributed by atoms with Gasteiger partial charge in [-0.2, -0.15) is 11.8 Å². The second-order valence-electron chi connectivity index (χ2n) is 5.77. The lowest BCUT2D eigenvalue weighted by atomic mass is 9.78. The summed E-state index contributed by atoms with van der Waals surface area (Å²) in [6.07, 6.45) is 0. The summed E-state index contributed by atoms with van der Waals surface area (Å²) in [5, 5.41) is 18.8. The van der Waals surface area contributed by atoms with Crippen LogP contribution < -0.4 is 10.2 Å². The smallest absolute Gasteiger partial charge is 0.492 e. The van der Waals surface area contributed by atoms with Crippen LogP contribution in [-0.2, 0) is 6.54 Å². The molecule has 0 unspecified atom stereocenters. The van der Waals surface area contributed by atoms with E-state index in [1.807, 2.05) is 23.9 Å². The normalized spacial score (nSPS) is 18.9. The van der Waals surface area contributed by atoms with E-state index in [-0.39, 0.29) is 4.75 Å². The molecule has 1 aromatic rings. The van der Waals surface area contributed by atoms with Gasteiger partial charge in [0.2, 0.25) is 0 Å². The maximum Gasteiger partial charge on any atom is 0.492 e. The lowest BCUT2D eigenvalue weighted by molar-refractivity contribution is 0.252. The number of thioether (sulfide) groups is 1. The molecule has 4 nitrogen and oxygen atoms in total. The highest BCUT2D eigenvalue weighted by Gasteiger charge is 2.27. The molecule has 2 N–H and O–H groups in total. The molecular formula is C14H22BNO3S. The molecule has 6 heteroatoms. The Morgan fingerprint density at radius 3 is 2.75 bits per heavy atom. The van der Waals surface area contributed by atoms with E-state index in [1.165, 1.54) is 7.11 Å². The third kappa shape index (κ3) is 3.91. The summed E-state index contributed by atoms with van der Waals surface area (Å²) in [5.74, 6) is 1.65. The molecule has 1 aliphatic rings. The van der Waals surface area contributed by atoms with E-state index in [0.29, 0.717) is 11.2 Å². The minimum absolute atomic E-state index is 0.282. The summed E-state index contributed by atoms with van der Waals surface area (Å²) in [5.41, 5.74) is 1.51. The molecule has 0 aromatic heterocycles. The maximum atomic E-state index is 9.41. The second kappa shape index (κ2) is 6.39. The standard InChI is InChI=1S/C14H22BNO3S/c1-14(2)10-16(6-7-20-14)9-11-4-5-13(19-3)12(8-11)15(17)18/h4-5,8,17-18H,6-7,9-10H2,1-3H3. The molecule has 0 aliphatic carbocycles. The first-order chi connectivity index (χ1) is 9.41. The highest BCUT2D eigenvalue weighted by Crippen LogP contribution is 2.30. The Balaban J connectivity index is 2.11. The van der Waals surface area contributed by atoms with E-state index >= 15 is 0 Å². The zero-order valence-electron chi connectivity index (χ0n) is 12.3. The molecule has 2 rings (SSSR count). The van der Waals surface area contributed by atoms with Gasteiger partial charge < -0.3 is 14.8 Å². The summed E-state index contributed by atoms with van der Waals surface area (Å²) in [7, 11) is 0.0314. The van der Waals surface area contributed by atoms with E-state index in [4.69, 9.17) is 4.74 Å². The van der Waals surface area contributed by atoms with Gasteiger partial charge in [0, 0.05) is 35.6 Å². The topological polar surface area (TPSA) is 52.9 Å². The van der Waals surface area contributed by atoms with Crippen molar-refractivity contribution in [3.63, 3.8) is 0 Å². The number of methoxy groups -OCH3 is 1. The molecule has 0 spiro atoms. The van der Waals surface area contributed by atoms with Gasteiger partial charge in [0.25, 0.3) is 0 Å². The fourth-order valence-electron chi connectivity index (χ4n) is 2.59. The van der Waals surface area contributed by atoms with Gasteiger partial charge in [-0.15, -0.1) is 0 Å². The Hall–Kier alpha value is -0.685. The number of hydrogen-bond acceptors (Lipinski definition) is 5. The SMILES string of the molecule is COc1ccc(CN2CCSC(C)(C)C2)cc1B(O)O. The molecule has 110 valence electrons. The summed E-state index contributed by atoms with van der Waals surface area (Å²) >= 11 is 2.01. The van der Waals surface area contributed by atoms with Crippen molar-refractivity contribution < 1.29 is 14.8 Å². The van der Waals surface area contributed by atoms with Crippen LogP contribution in [0.1, 0.15) is 19.4 Å². The molecular weight excluding hydrogens is 273 g/mol. The molecule has 1 saturated heterocycles. The fourth-order valence-corrected chi connectivity index (χ4v) is 3.77. The van der Waals surface area contributed by atoms with Gasteiger partial charge in [-0.05, 0) is 25.5 Å². The van der Waals surface area contributed by atoms with Crippen LogP contribution in [0.2, 0.25) is 0 Å². The first-order valence-electron chi connectivity index (χ1n) is 6.80. The van der Waals surface area contributed by atoms with Crippen molar-refractivity contribution in [1.29, 1.82) is 0 Å². The maximum absolute atomic E-state index is 9.41. The van der Waals surface area contributed by atoms with Crippen LogP contribution in [0.15, 0.2) is 18.2 Å². The van der Waals surface area contributed by atoms with E-state index in [2.05, 4.69) is 18.7 Å². The summed E-state index contributed by atoms with van der Waals surface area (Å²) in [4.78, 5) is 2.41. The zero-order valence-corrected chi connectivity index (χ0v) is 13.1. The zero-order chi connectivity index (χ0) is 14.8. The van der Waals surface area contributed by atoms with Crippen molar-refractivity contribution in [2.45, 2.75) is 25.1 Å². The monoisotopic (exact) mass is 295 g/mol. The van der Waals surface area contributed by atoms with Crippen molar-refractivity contribution in [3.05, 3.63) is 23.8 Å². The minimum atomic E-state index is -1.50. The van der Waals surface area contributed by atoms with Gasteiger partial charge in [0.05, 0.1) is 7.11 Å². The molecule has 1 aromatic carbocycles. The third-order valence-corrected chi connectivity index (χ3v) is 4.78. The molecule has 0 bridgehead atoms. The largest absolute Gasteiger partial charge is 0.497 e. The number of hydrogen-bond donors (Lipinski definition) is 2. The molecule has 20 heavy (non-hydrogen) atoms. The summed E-state index contributed by atoms with van der Waals surface area (Å²) in [6, 6.07) is 5.60. The number of nitrogens with zero attached hydrogens (tertiary/aromatic N) is 1. The first-order valence-corrected chi connectivity index (χ1v) is 7.79. The van der Waals surface area contributed by atoms with E-state index in [0.717, 1.165) is 31.0 Å². The first kappa shape index (κ1) is 15.7. The Labute approximate surface area is 125 Å². The van der Waals surface area contributed by atoms with E-state index < -0.39 is 7.12 Å². The third-order valence-electron chi connectivity index (χ3n) is 3.48. The number of rotatable bonds is 4. The average molecular weight is 295 g/mol. The van der Waals surface area contributed by atoms with Crippen LogP contribution in [0, 0.1) is 0 Å². The summed E-state index contributed by atoms with van der Waals surface area (Å²) < 4.78 is 5.43. The minimum Gasteiger partial charge on any atom is -0.497 e. The molecule has 1 heterocycles. The molecule has 1 fully saturated rings. The number of ether oxygens (including phenoxy) is 1. The van der Waals surface area contributed by atoms with Crippen molar-refractivity contribution in [2.24, 2.45) is 0 Å². The molecule has 0 atom stereocenters. The highest BCUT2D eigenvalue weighted by atomic mass is 32.2. The second-order valence-corrected chi connectivity index (χ2v) is 7.57. The van der Waals surface area contributed by atoms with Crippen molar-refractivity contribution >= 4 is 24.3 Å². The Morgan fingerprint density at radius 2 is 2.15 bits per heavy atom. The van der Waals surface area contributed by atoms with Gasteiger partial charge in [0.15, 0.2) is 0 Å². The predicted molar refractivity (Wildman–Crippen MR) is 84.6 cm³/mol. The van der Waals surface area contributed by atoms with Crippen LogP contribution in [0.5, 0.6) is 5.75 Å². The molecule has 0 radical (unpaired) electrons. The molecule has 1 aliphatic heterocycles. The molecule has 0 saturated carbocycles. The highest BCUT2D eigenvalue weighted by molar-refractivity contribution is 8.00. The summed E-state index contributed by atoms with van der Waals surface area (Å²) in [6.45, 7) is 7.47. The van der Waals surface area contributed by atoms with Crippen LogP contribution in [0.3, 0.4) is 0 Å². The van der Waals surface area contributed by atoms with Crippen molar-refractivity contribution in [1.82, 2.24) is 4.90 Å². The van der Waals surface area contributed by atoms with E-state index in [1.54, 1.807) is 6.07 Å². The Bertz CT molecular complexity index is 468. The van der Waals surface area contributed by atoms with Gasteiger partial charge in [-0.25, -0.2) is 0 Å². The molecule has 0 amide bonds. The van der Waals surface area contributed by atoms with Crippen molar-refractivity contribution in [3.8, 4) is 5.75 Å². The van der Waals surface area contributed by atoms with Gasteiger partial charge >= 0.3 is 7.12 Å². The van der Waals surface area contributed by atoms with E-state index in [9.17, 15) is 10.0 Å². The lowest BCUT2D eigenvalue weighted by Gasteiger charge is -2.37. The van der Waals surface area contributed by atoms with Crippen LogP contribution >= 0.6 is 11.8 Å². The van der Waals surface area contributed by atoms with Gasteiger partial charge in [-0.1, -0.05) is 12.1 Å². The number of benzene rings is 1. The van der Waals surface area contributed by atoms with Crippen LogP contribution in [0.4, 0.5) is 0 Å². The Kier molecular flexibility index (Phi) is 5.02. The fraction of sp³-hybridized carbons (Fsp3) is 0.571. The Morgan fingerprint density at radius 1 is 1.40 bits per heavy atom. The van der Waals surface area contributed by atoms with Gasteiger partial charge in [-0.3, -0.25) is 4.90 Å². The lowest BCUT2D eigenvalue weighted by Crippen LogP contribution is -2.42. The predicted octanol–water partition coefficient (Wildman–Crippen LogP) is 0.702. The van der Waals surface area contributed by atoms with Crippen LogP contribution in [-0.4, -0.2) is 52.8 Å². The van der Waals surface area contributed by atoms with Gasteiger partial charge in [0.1, 0.15) is 5.75 Å². The average Bonchev–Trinajstić information content (AvgIpc) is 2.37. The van der Waals surface area contributed by atoms with Crippen LogP contribution in [0.25, 0.3) is 0 Å². The van der Waals surface area contributed by atoms with Crippen molar-refractivity contribution in [2.75, 3.05) is 26.0 Å².